The summed E-state index contributed by atoms with van der Waals surface area (Å²) in [4.78, 5) is 0. The van der Waals surface area contributed by atoms with Gasteiger partial charge in [-0.15, -0.1) is 6.42 Å². The van der Waals surface area contributed by atoms with Crippen LogP contribution in [0.25, 0.3) is 0 Å². The Morgan fingerprint density at radius 1 is 1.23 bits per heavy atom. The molecule has 0 amide bonds. The molecule has 5 atom stereocenters. The molecule has 0 saturated heterocycles. The van der Waals surface area contributed by atoms with Gasteiger partial charge < -0.3 is 10.2 Å². The summed E-state index contributed by atoms with van der Waals surface area (Å²) in [6.07, 6.45) is 11.8. The summed E-state index contributed by atoms with van der Waals surface area (Å²) in [6, 6.07) is 5.87. The lowest BCUT2D eigenvalue weighted by molar-refractivity contribution is -0.0646. The average Bonchev–Trinajstić information content (AvgIpc) is 2.79. The van der Waals surface area contributed by atoms with Crippen molar-refractivity contribution in [1.82, 2.24) is 0 Å². The number of aliphatic hydroxyl groups is 1. The van der Waals surface area contributed by atoms with Crippen molar-refractivity contribution in [3.63, 3.8) is 0 Å². The van der Waals surface area contributed by atoms with Crippen LogP contribution in [0.4, 0.5) is 0 Å². The fourth-order valence-electron chi connectivity index (χ4n) is 5.82. The average molecular weight is 296 g/mol. The molecular weight excluding hydrogens is 272 g/mol. The van der Waals surface area contributed by atoms with Crippen LogP contribution in [0.2, 0.25) is 0 Å². The molecular formula is C20H24O2. The van der Waals surface area contributed by atoms with E-state index < -0.39 is 5.60 Å². The molecule has 0 spiro atoms. The maximum Gasteiger partial charge on any atom is 0.130 e. The second-order valence-electron chi connectivity index (χ2n) is 7.80. The Morgan fingerprint density at radius 2 is 2.05 bits per heavy atom. The summed E-state index contributed by atoms with van der Waals surface area (Å²) in [7, 11) is 0. The lowest BCUT2D eigenvalue weighted by atomic mass is 9.53. The zero-order chi connectivity index (χ0) is 15.5. The maximum atomic E-state index is 10.9. The molecule has 1 aromatic rings. The molecule has 0 bridgehead atoms. The van der Waals surface area contributed by atoms with Crippen LogP contribution in [0.1, 0.15) is 56.1 Å². The number of rotatable bonds is 0. The van der Waals surface area contributed by atoms with Gasteiger partial charge in [-0.25, -0.2) is 0 Å². The van der Waals surface area contributed by atoms with Crippen molar-refractivity contribution >= 4 is 0 Å². The fraction of sp³-hybridized carbons (Fsp3) is 0.600. The SMILES string of the molecule is C#C[C@]1(O)CC[C@@H]2[C@@H]3CCc4cc(O)ccc4[C@H]3CC[C@]21C. The number of fused-ring (bicyclic) bond motifs is 5. The third-order valence-electron chi connectivity index (χ3n) is 7.10. The summed E-state index contributed by atoms with van der Waals surface area (Å²) in [5.41, 5.74) is 1.69. The minimum absolute atomic E-state index is 0.128. The number of benzene rings is 1. The molecule has 3 aliphatic carbocycles. The normalized spacial score (nSPS) is 42.9. The summed E-state index contributed by atoms with van der Waals surface area (Å²) < 4.78 is 0. The van der Waals surface area contributed by atoms with E-state index in [1.165, 1.54) is 11.1 Å². The van der Waals surface area contributed by atoms with Crippen molar-refractivity contribution in [1.29, 1.82) is 0 Å². The molecule has 2 fully saturated rings. The molecule has 2 N–H and O–H groups in total. The molecule has 2 saturated carbocycles. The van der Waals surface area contributed by atoms with Gasteiger partial charge in [0.1, 0.15) is 11.4 Å². The quantitative estimate of drug-likeness (QED) is 0.718. The first kappa shape index (κ1) is 14.2. The summed E-state index contributed by atoms with van der Waals surface area (Å²) in [5, 5.41) is 20.6. The van der Waals surface area contributed by atoms with Gasteiger partial charge in [0.25, 0.3) is 0 Å². The van der Waals surface area contributed by atoms with Gasteiger partial charge in [0.05, 0.1) is 0 Å². The zero-order valence-corrected chi connectivity index (χ0v) is 13.2. The van der Waals surface area contributed by atoms with Crippen molar-refractivity contribution in [3.8, 4) is 18.1 Å². The second-order valence-corrected chi connectivity index (χ2v) is 7.80. The van der Waals surface area contributed by atoms with Crippen molar-refractivity contribution in [2.24, 2.45) is 17.3 Å². The van der Waals surface area contributed by atoms with Crippen molar-refractivity contribution in [2.45, 2.75) is 57.0 Å². The van der Waals surface area contributed by atoms with E-state index in [0.717, 1.165) is 38.5 Å². The van der Waals surface area contributed by atoms with E-state index >= 15 is 0 Å². The molecule has 4 rings (SSSR count). The molecule has 3 aliphatic rings. The molecule has 0 aliphatic heterocycles. The summed E-state index contributed by atoms with van der Waals surface area (Å²) in [6.45, 7) is 2.22. The highest BCUT2D eigenvalue weighted by Gasteiger charge is 2.61. The van der Waals surface area contributed by atoms with Gasteiger partial charge in [-0.1, -0.05) is 18.9 Å². The van der Waals surface area contributed by atoms with Gasteiger partial charge >= 0.3 is 0 Å². The molecule has 0 unspecified atom stereocenters. The summed E-state index contributed by atoms with van der Waals surface area (Å²) in [5.74, 6) is 4.82. The Balaban J connectivity index is 1.72. The fourth-order valence-corrected chi connectivity index (χ4v) is 5.82. The largest absolute Gasteiger partial charge is 0.508 e. The van der Waals surface area contributed by atoms with E-state index in [1.54, 1.807) is 0 Å². The first-order chi connectivity index (χ1) is 10.5. The highest BCUT2D eigenvalue weighted by molar-refractivity contribution is 5.40. The number of phenols is 1. The van der Waals surface area contributed by atoms with E-state index in [1.807, 2.05) is 12.1 Å². The summed E-state index contributed by atoms with van der Waals surface area (Å²) >= 11 is 0. The smallest absolute Gasteiger partial charge is 0.130 e. The molecule has 2 heteroatoms. The van der Waals surface area contributed by atoms with Crippen LogP contribution in [0.5, 0.6) is 5.75 Å². The van der Waals surface area contributed by atoms with Crippen LogP contribution in [-0.2, 0) is 6.42 Å². The molecule has 22 heavy (non-hydrogen) atoms. The predicted octanol–water partition coefficient (Wildman–Crippen LogP) is 3.61. The Labute approximate surface area is 132 Å². The number of hydrogen-bond donors (Lipinski definition) is 2. The lowest BCUT2D eigenvalue weighted by Gasteiger charge is -2.52. The first-order valence-corrected chi connectivity index (χ1v) is 8.50. The maximum absolute atomic E-state index is 10.9. The van der Waals surface area contributed by atoms with Gasteiger partial charge in [-0.3, -0.25) is 0 Å². The molecule has 2 nitrogen and oxygen atoms in total. The van der Waals surface area contributed by atoms with Crippen LogP contribution in [0, 0.1) is 29.6 Å². The number of aryl methyl sites for hydroxylation is 1. The van der Waals surface area contributed by atoms with Gasteiger partial charge in [0.2, 0.25) is 0 Å². The predicted molar refractivity (Wildman–Crippen MR) is 86.5 cm³/mol. The molecule has 116 valence electrons. The van der Waals surface area contributed by atoms with Crippen LogP contribution >= 0.6 is 0 Å². The monoisotopic (exact) mass is 296 g/mol. The van der Waals surface area contributed by atoms with E-state index in [9.17, 15) is 10.2 Å². The third-order valence-corrected chi connectivity index (χ3v) is 7.10. The number of hydrogen-bond acceptors (Lipinski definition) is 2. The second kappa shape index (κ2) is 4.52. The van der Waals surface area contributed by atoms with E-state index in [4.69, 9.17) is 6.42 Å². The molecule has 1 aromatic carbocycles. The third kappa shape index (κ3) is 1.66. The number of aromatic hydroxyl groups is 1. The van der Waals surface area contributed by atoms with Crippen molar-refractivity contribution in [2.75, 3.05) is 0 Å². The van der Waals surface area contributed by atoms with Crippen molar-refractivity contribution < 1.29 is 10.2 Å². The topological polar surface area (TPSA) is 40.5 Å². The van der Waals surface area contributed by atoms with Crippen LogP contribution in [-0.4, -0.2) is 15.8 Å². The molecule has 0 heterocycles. The van der Waals surface area contributed by atoms with Gasteiger partial charge in [-0.2, -0.15) is 0 Å². The van der Waals surface area contributed by atoms with Gasteiger partial charge in [-0.05, 0) is 79.5 Å². The standard InChI is InChI=1S/C20H24O2/c1-3-20(22)11-9-18-17-6-4-13-12-14(21)5-7-15(13)16(17)8-10-19(18,20)2/h1,5,7,12,16-18,21-22H,4,6,8-11H2,2H3/t16-,17-,18-,19-,20+/m1/s1. The Bertz CT molecular complexity index is 658. The van der Waals surface area contributed by atoms with Crippen molar-refractivity contribution in [3.05, 3.63) is 29.3 Å². The highest BCUT2D eigenvalue weighted by Crippen LogP contribution is 2.64. The lowest BCUT2D eigenvalue weighted by Crippen LogP contribution is -2.50. The van der Waals surface area contributed by atoms with E-state index in [-0.39, 0.29) is 5.41 Å². The Kier molecular flexibility index (Phi) is 2.91. The number of terminal acetylenes is 1. The van der Waals surface area contributed by atoms with Gasteiger partial charge in [0, 0.05) is 5.41 Å². The van der Waals surface area contributed by atoms with Crippen LogP contribution in [0.3, 0.4) is 0 Å². The molecule has 0 aromatic heterocycles. The molecule has 0 radical (unpaired) electrons. The Hall–Kier alpha value is -1.46. The van der Waals surface area contributed by atoms with E-state index in [2.05, 4.69) is 18.9 Å². The van der Waals surface area contributed by atoms with Crippen LogP contribution in [0.15, 0.2) is 18.2 Å². The number of phenolic OH excluding ortho intramolecular Hbond substituents is 1. The van der Waals surface area contributed by atoms with E-state index in [0.29, 0.717) is 23.5 Å². The first-order valence-electron chi connectivity index (χ1n) is 8.50. The Morgan fingerprint density at radius 3 is 2.82 bits per heavy atom. The minimum atomic E-state index is -0.919. The minimum Gasteiger partial charge on any atom is -0.508 e. The van der Waals surface area contributed by atoms with Gasteiger partial charge in [0.15, 0.2) is 0 Å². The zero-order valence-electron chi connectivity index (χ0n) is 13.2. The highest BCUT2D eigenvalue weighted by atomic mass is 16.3. The van der Waals surface area contributed by atoms with Crippen LogP contribution < -0.4 is 0 Å².